The molecule has 3 aromatic heterocycles. The Balaban J connectivity index is 1.31. The fourth-order valence-corrected chi connectivity index (χ4v) is 6.82. The minimum Gasteiger partial charge on any atom is -0.461 e. The van der Waals surface area contributed by atoms with Crippen molar-refractivity contribution in [1.82, 2.24) is 9.55 Å². The van der Waals surface area contributed by atoms with E-state index in [1.165, 1.54) is 22.2 Å². The van der Waals surface area contributed by atoms with Crippen LogP contribution in [0.4, 0.5) is 5.00 Å². The van der Waals surface area contributed by atoms with Crippen LogP contribution in [-0.2, 0) is 35.3 Å². The minimum absolute atomic E-state index is 0.227. The van der Waals surface area contributed by atoms with Gasteiger partial charge in [-0.2, -0.15) is 5.26 Å². The molecule has 0 spiro atoms. The summed E-state index contributed by atoms with van der Waals surface area (Å²) < 4.78 is 6.67. The van der Waals surface area contributed by atoms with Crippen LogP contribution in [0.1, 0.15) is 49.6 Å². The van der Waals surface area contributed by atoms with Gasteiger partial charge in [0.15, 0.2) is 0 Å². The number of anilines is 1. The Labute approximate surface area is 221 Å². The maximum atomic E-state index is 13.2. The number of aromatic nitrogens is 2. The van der Waals surface area contributed by atoms with Crippen molar-refractivity contribution in [3.8, 4) is 6.07 Å². The first-order valence-electron chi connectivity index (χ1n) is 12.0. The van der Waals surface area contributed by atoms with Crippen LogP contribution in [0.3, 0.4) is 0 Å². The summed E-state index contributed by atoms with van der Waals surface area (Å²) >= 11 is 2.55. The smallest absolute Gasteiger partial charge is 0.348 e. The first-order valence-corrected chi connectivity index (χ1v) is 13.6. The van der Waals surface area contributed by atoms with E-state index < -0.39 is 17.4 Å². The molecule has 4 aromatic rings. The van der Waals surface area contributed by atoms with Crippen LogP contribution in [0.5, 0.6) is 0 Å². The number of hydrogen-bond donors (Lipinski definition) is 1. The molecule has 0 atom stereocenters. The fraction of sp³-hybridized carbons (Fsp3) is 0.296. The molecule has 10 heteroatoms. The van der Waals surface area contributed by atoms with E-state index in [-0.39, 0.29) is 13.2 Å². The van der Waals surface area contributed by atoms with Crippen molar-refractivity contribution in [1.29, 1.82) is 5.26 Å². The number of benzene rings is 1. The van der Waals surface area contributed by atoms with Crippen molar-refractivity contribution in [2.75, 3.05) is 11.9 Å². The van der Waals surface area contributed by atoms with Gasteiger partial charge in [0.1, 0.15) is 27.3 Å². The molecule has 1 amide bonds. The predicted molar refractivity (Wildman–Crippen MR) is 143 cm³/mol. The molecule has 188 valence electrons. The molecule has 1 N–H and O–H groups in total. The zero-order valence-corrected chi connectivity index (χ0v) is 21.8. The number of carbonyl (C=O) groups is 2. The second-order valence-corrected chi connectivity index (χ2v) is 11.0. The Hall–Kier alpha value is -3.81. The number of ether oxygens (including phenoxy) is 1. The monoisotopic (exact) mass is 532 g/mol. The lowest BCUT2D eigenvalue weighted by Crippen LogP contribution is -2.27. The van der Waals surface area contributed by atoms with Crippen LogP contribution in [-0.4, -0.2) is 28.0 Å². The molecule has 5 rings (SSSR count). The number of thiophene rings is 2. The highest BCUT2D eigenvalue weighted by Crippen LogP contribution is 2.37. The minimum atomic E-state index is -0.495. The summed E-state index contributed by atoms with van der Waals surface area (Å²) in [6.07, 6.45) is 5.79. The van der Waals surface area contributed by atoms with Gasteiger partial charge in [0.2, 0.25) is 5.91 Å². The van der Waals surface area contributed by atoms with Crippen molar-refractivity contribution < 1.29 is 14.3 Å². The largest absolute Gasteiger partial charge is 0.461 e. The van der Waals surface area contributed by atoms with Crippen molar-refractivity contribution in [2.24, 2.45) is 0 Å². The molecule has 0 saturated heterocycles. The summed E-state index contributed by atoms with van der Waals surface area (Å²) in [6.45, 7) is 1.67. The van der Waals surface area contributed by atoms with Gasteiger partial charge in [-0.05, 0) is 49.3 Å². The van der Waals surface area contributed by atoms with Gasteiger partial charge >= 0.3 is 5.97 Å². The molecule has 1 aromatic carbocycles. The molecule has 0 radical (unpaired) electrons. The second-order valence-electron chi connectivity index (χ2n) is 8.86. The Kier molecular flexibility index (Phi) is 7.17. The topological polar surface area (TPSA) is 114 Å². The van der Waals surface area contributed by atoms with Crippen molar-refractivity contribution in [2.45, 2.75) is 45.6 Å². The molecular weight excluding hydrogens is 508 g/mol. The van der Waals surface area contributed by atoms with E-state index in [0.717, 1.165) is 53.0 Å². The Morgan fingerprint density at radius 3 is 2.76 bits per heavy atom. The zero-order valence-electron chi connectivity index (χ0n) is 20.2. The third-order valence-electron chi connectivity index (χ3n) is 6.42. The number of hydrogen-bond acceptors (Lipinski definition) is 8. The Morgan fingerprint density at radius 2 is 1.97 bits per heavy atom. The fourth-order valence-electron chi connectivity index (χ4n) is 4.53. The Bertz CT molecular complexity index is 1590. The van der Waals surface area contributed by atoms with Gasteiger partial charge in [0.25, 0.3) is 5.56 Å². The predicted octanol–water partition coefficient (Wildman–Crippen LogP) is 4.62. The number of nitriles is 1. The molecule has 1 aliphatic rings. The number of nitrogens with zero attached hydrogens (tertiary/aromatic N) is 3. The van der Waals surface area contributed by atoms with Crippen molar-refractivity contribution >= 4 is 49.8 Å². The first-order chi connectivity index (χ1) is 18.0. The third kappa shape index (κ3) is 5.05. The molecular formula is C27H24N4O4S2. The molecule has 0 saturated carbocycles. The van der Waals surface area contributed by atoms with Gasteiger partial charge in [0.05, 0.1) is 23.9 Å². The SMILES string of the molecule is Cc1c(C(=O)OCCc2ccccc2)sc2ncn(CC(=O)Nc3sc4c(c3C#N)CCCC4)c(=O)c12. The van der Waals surface area contributed by atoms with E-state index in [0.29, 0.717) is 37.6 Å². The third-order valence-corrected chi connectivity index (χ3v) is 8.81. The van der Waals surface area contributed by atoms with Crippen LogP contribution >= 0.6 is 22.7 Å². The van der Waals surface area contributed by atoms with Crippen molar-refractivity contribution in [3.05, 3.63) is 79.0 Å². The molecule has 0 aliphatic heterocycles. The molecule has 8 nitrogen and oxygen atoms in total. The lowest BCUT2D eigenvalue weighted by atomic mass is 9.96. The number of carbonyl (C=O) groups excluding carboxylic acids is 2. The Morgan fingerprint density at radius 1 is 1.19 bits per heavy atom. The molecule has 0 bridgehead atoms. The highest BCUT2D eigenvalue weighted by atomic mass is 32.1. The second kappa shape index (κ2) is 10.7. The zero-order chi connectivity index (χ0) is 25.9. The summed E-state index contributed by atoms with van der Waals surface area (Å²) in [6, 6.07) is 12.0. The molecule has 1 aliphatic carbocycles. The average Bonchev–Trinajstić information content (AvgIpc) is 3.43. The highest BCUT2D eigenvalue weighted by Gasteiger charge is 2.23. The van der Waals surface area contributed by atoms with Crippen LogP contribution in [0.25, 0.3) is 10.2 Å². The number of amides is 1. The average molecular weight is 533 g/mol. The van der Waals surface area contributed by atoms with Gasteiger partial charge in [-0.25, -0.2) is 9.78 Å². The van der Waals surface area contributed by atoms with Crippen LogP contribution in [0.15, 0.2) is 41.5 Å². The van der Waals surface area contributed by atoms with E-state index in [4.69, 9.17) is 4.74 Å². The standard InChI is InChI=1S/C27H24N4O4S2/c1-16-22-25(37-23(16)27(34)35-12-11-17-7-3-2-4-8-17)29-15-31(26(22)33)14-21(32)30-24-19(13-28)18-9-5-6-10-20(18)36-24/h2-4,7-8,15H,5-6,9-12,14H2,1H3,(H,30,32). The molecule has 0 fully saturated rings. The lowest BCUT2D eigenvalue weighted by molar-refractivity contribution is -0.116. The molecule has 3 heterocycles. The summed E-state index contributed by atoms with van der Waals surface area (Å²) in [5, 5.41) is 13.3. The number of aryl methyl sites for hydroxylation is 2. The van der Waals surface area contributed by atoms with Crippen LogP contribution in [0.2, 0.25) is 0 Å². The summed E-state index contributed by atoms with van der Waals surface area (Å²) in [4.78, 5) is 45.0. The highest BCUT2D eigenvalue weighted by molar-refractivity contribution is 7.20. The van der Waals surface area contributed by atoms with Gasteiger partial charge in [0, 0.05) is 11.3 Å². The van der Waals surface area contributed by atoms with Crippen LogP contribution < -0.4 is 10.9 Å². The van der Waals surface area contributed by atoms with Crippen LogP contribution in [0, 0.1) is 18.3 Å². The number of nitrogens with one attached hydrogen (secondary N) is 1. The lowest BCUT2D eigenvalue weighted by Gasteiger charge is -2.09. The number of fused-ring (bicyclic) bond motifs is 2. The van der Waals surface area contributed by atoms with E-state index in [1.54, 1.807) is 6.92 Å². The van der Waals surface area contributed by atoms with E-state index in [1.807, 2.05) is 30.3 Å². The quantitative estimate of drug-likeness (QED) is 0.348. The normalized spacial score (nSPS) is 12.6. The van der Waals surface area contributed by atoms with E-state index >= 15 is 0 Å². The summed E-state index contributed by atoms with van der Waals surface area (Å²) in [7, 11) is 0. The van der Waals surface area contributed by atoms with Gasteiger partial charge in [-0.3, -0.25) is 14.2 Å². The molecule has 37 heavy (non-hydrogen) atoms. The summed E-state index contributed by atoms with van der Waals surface area (Å²) in [5.41, 5.74) is 2.72. The van der Waals surface area contributed by atoms with Gasteiger partial charge in [-0.15, -0.1) is 22.7 Å². The molecule has 0 unspecified atom stereocenters. The maximum Gasteiger partial charge on any atom is 0.348 e. The summed E-state index contributed by atoms with van der Waals surface area (Å²) in [5.74, 6) is -0.905. The van der Waals surface area contributed by atoms with E-state index in [2.05, 4.69) is 16.4 Å². The van der Waals surface area contributed by atoms with Gasteiger partial charge in [-0.1, -0.05) is 30.3 Å². The first kappa shape index (κ1) is 24.9. The number of rotatable bonds is 7. The van der Waals surface area contributed by atoms with Gasteiger partial charge < -0.3 is 10.1 Å². The maximum absolute atomic E-state index is 13.2. The number of esters is 1. The van der Waals surface area contributed by atoms with Crippen molar-refractivity contribution in [3.63, 3.8) is 0 Å². The van der Waals surface area contributed by atoms with E-state index in [9.17, 15) is 19.6 Å².